The van der Waals surface area contributed by atoms with Crippen molar-refractivity contribution in [2.75, 3.05) is 6.61 Å². The molecule has 4 heteroatoms. The number of amides is 1. The van der Waals surface area contributed by atoms with Gasteiger partial charge in [0.2, 0.25) is 5.91 Å². The fourth-order valence-corrected chi connectivity index (χ4v) is 6.76. The second-order valence-corrected chi connectivity index (χ2v) is 15.4. The van der Waals surface area contributed by atoms with Crippen LogP contribution in [-0.4, -0.2) is 34.9 Å². The average molecular weight is 740 g/mol. The number of allylic oxidation sites excluding steroid dienone is 9. The molecular formula is C49H89NO3. The van der Waals surface area contributed by atoms with E-state index in [0.29, 0.717) is 6.42 Å². The highest BCUT2D eigenvalue weighted by atomic mass is 16.3. The molecule has 0 radical (unpaired) electrons. The Balaban J connectivity index is 3.58. The summed E-state index contributed by atoms with van der Waals surface area (Å²) in [4.78, 5) is 12.4. The van der Waals surface area contributed by atoms with Crippen LogP contribution in [0.2, 0.25) is 0 Å². The van der Waals surface area contributed by atoms with Gasteiger partial charge in [0.05, 0.1) is 18.8 Å². The highest BCUT2D eigenvalue weighted by molar-refractivity contribution is 5.76. The molecule has 0 heterocycles. The first-order valence-corrected chi connectivity index (χ1v) is 23.0. The Kier molecular flexibility index (Phi) is 42.9. The Bertz CT molecular complexity index is 888. The van der Waals surface area contributed by atoms with Gasteiger partial charge >= 0.3 is 0 Å². The Hall–Kier alpha value is -1.91. The number of nitrogens with one attached hydrogen (secondary N) is 1. The minimum Gasteiger partial charge on any atom is -0.394 e. The number of carbonyl (C=O) groups excluding carboxylic acids is 1. The van der Waals surface area contributed by atoms with E-state index in [-0.39, 0.29) is 12.5 Å². The van der Waals surface area contributed by atoms with E-state index in [4.69, 9.17) is 0 Å². The molecule has 0 saturated carbocycles. The molecule has 0 bridgehead atoms. The average Bonchev–Trinajstić information content (AvgIpc) is 3.16. The van der Waals surface area contributed by atoms with E-state index in [2.05, 4.69) is 67.8 Å². The molecule has 53 heavy (non-hydrogen) atoms. The van der Waals surface area contributed by atoms with Gasteiger partial charge in [-0.3, -0.25) is 4.79 Å². The van der Waals surface area contributed by atoms with Crippen LogP contribution < -0.4 is 5.32 Å². The van der Waals surface area contributed by atoms with Gasteiger partial charge in [-0.25, -0.2) is 0 Å². The predicted molar refractivity (Wildman–Crippen MR) is 234 cm³/mol. The molecule has 0 fully saturated rings. The number of hydrogen-bond donors (Lipinski definition) is 3. The summed E-state index contributed by atoms with van der Waals surface area (Å²) in [7, 11) is 0. The molecule has 0 saturated heterocycles. The van der Waals surface area contributed by atoms with Crippen molar-refractivity contribution in [3.05, 3.63) is 60.8 Å². The molecule has 3 N–H and O–H groups in total. The molecule has 0 aromatic rings. The molecule has 0 aliphatic carbocycles. The first kappa shape index (κ1) is 51.1. The smallest absolute Gasteiger partial charge is 0.220 e. The van der Waals surface area contributed by atoms with Crippen LogP contribution in [0.1, 0.15) is 226 Å². The summed E-state index contributed by atoms with van der Waals surface area (Å²) in [5, 5.41) is 23.0. The molecule has 308 valence electrons. The second kappa shape index (κ2) is 44.5. The predicted octanol–water partition coefficient (Wildman–Crippen LogP) is 14.5. The Morgan fingerprint density at radius 3 is 1.25 bits per heavy atom. The molecular weight excluding hydrogens is 651 g/mol. The van der Waals surface area contributed by atoms with Gasteiger partial charge in [0.1, 0.15) is 0 Å². The third-order valence-corrected chi connectivity index (χ3v) is 10.3. The second-order valence-electron chi connectivity index (χ2n) is 15.4. The van der Waals surface area contributed by atoms with E-state index in [9.17, 15) is 15.0 Å². The highest BCUT2D eigenvalue weighted by Gasteiger charge is 2.17. The summed E-state index contributed by atoms with van der Waals surface area (Å²) in [5.41, 5.74) is 0. The van der Waals surface area contributed by atoms with E-state index >= 15 is 0 Å². The third kappa shape index (κ3) is 41.1. The number of carbonyl (C=O) groups is 1. The molecule has 0 aromatic heterocycles. The van der Waals surface area contributed by atoms with Crippen LogP contribution >= 0.6 is 0 Å². The summed E-state index contributed by atoms with van der Waals surface area (Å²) in [6.07, 6.45) is 62.0. The number of rotatable bonds is 41. The fraction of sp³-hybridized carbons (Fsp3) is 0.776. The lowest BCUT2D eigenvalue weighted by molar-refractivity contribution is -0.123. The maximum absolute atomic E-state index is 12.4. The van der Waals surface area contributed by atoms with Gasteiger partial charge in [-0.1, -0.05) is 222 Å². The van der Waals surface area contributed by atoms with E-state index in [1.165, 1.54) is 135 Å². The van der Waals surface area contributed by atoms with Crippen molar-refractivity contribution in [3.63, 3.8) is 0 Å². The molecule has 0 aromatic carbocycles. The van der Waals surface area contributed by atoms with Crippen molar-refractivity contribution in [1.29, 1.82) is 0 Å². The number of aliphatic hydroxyl groups excluding tert-OH is 2. The number of hydrogen-bond acceptors (Lipinski definition) is 3. The zero-order valence-corrected chi connectivity index (χ0v) is 35.3. The van der Waals surface area contributed by atoms with Crippen LogP contribution in [0.15, 0.2) is 60.8 Å². The van der Waals surface area contributed by atoms with Gasteiger partial charge in [0, 0.05) is 6.42 Å². The molecule has 2 unspecified atom stereocenters. The van der Waals surface area contributed by atoms with Gasteiger partial charge in [0.25, 0.3) is 0 Å². The zero-order chi connectivity index (χ0) is 38.6. The Labute approximate surface area is 330 Å². The summed E-state index contributed by atoms with van der Waals surface area (Å²) in [6, 6.07) is -0.638. The van der Waals surface area contributed by atoms with Crippen molar-refractivity contribution in [1.82, 2.24) is 5.32 Å². The maximum Gasteiger partial charge on any atom is 0.220 e. The normalized spacial score (nSPS) is 13.5. The Morgan fingerprint density at radius 1 is 0.472 bits per heavy atom. The highest BCUT2D eigenvalue weighted by Crippen LogP contribution is 2.16. The van der Waals surface area contributed by atoms with Gasteiger partial charge < -0.3 is 15.5 Å². The largest absolute Gasteiger partial charge is 0.394 e. The fourth-order valence-electron chi connectivity index (χ4n) is 6.76. The summed E-state index contributed by atoms with van der Waals surface area (Å²) < 4.78 is 0. The van der Waals surface area contributed by atoms with E-state index < -0.39 is 12.1 Å². The van der Waals surface area contributed by atoms with Crippen LogP contribution in [0.25, 0.3) is 0 Å². The lowest BCUT2D eigenvalue weighted by Gasteiger charge is -2.20. The standard InChI is InChI=1S/C49H89NO3/c1-3-5-7-9-11-13-15-17-19-21-22-23-24-25-26-27-29-30-32-34-36-38-40-42-44-48(52)47(46-51)50-49(53)45-43-41-39-37-35-33-31-28-20-18-16-14-12-10-8-6-4-2/h6,8,12,14,18,20,31,33,42,44,47-48,51-52H,3-5,7,9-11,13,15-17,19,21-30,32,34-41,43,45-46H2,1-2H3,(H,50,53)/b8-6-,14-12-,20-18-,33-31-,44-42+. The summed E-state index contributed by atoms with van der Waals surface area (Å²) in [5.74, 6) is -0.0879. The topological polar surface area (TPSA) is 69.6 Å². The van der Waals surface area contributed by atoms with Crippen LogP contribution in [0, 0.1) is 0 Å². The van der Waals surface area contributed by atoms with Crippen molar-refractivity contribution < 1.29 is 15.0 Å². The lowest BCUT2D eigenvalue weighted by atomic mass is 10.0. The van der Waals surface area contributed by atoms with Crippen LogP contribution in [0.4, 0.5) is 0 Å². The molecule has 0 aliphatic heterocycles. The summed E-state index contributed by atoms with van der Waals surface area (Å²) in [6.45, 7) is 4.19. The van der Waals surface area contributed by atoms with Crippen molar-refractivity contribution in [3.8, 4) is 0 Å². The minimum absolute atomic E-state index is 0.0879. The van der Waals surface area contributed by atoms with Crippen molar-refractivity contribution >= 4 is 5.91 Å². The lowest BCUT2D eigenvalue weighted by Crippen LogP contribution is -2.45. The molecule has 1 amide bonds. The molecule has 0 aliphatic rings. The van der Waals surface area contributed by atoms with Gasteiger partial charge in [-0.05, 0) is 57.8 Å². The minimum atomic E-state index is -0.852. The number of unbranched alkanes of at least 4 members (excludes halogenated alkanes) is 26. The Morgan fingerprint density at radius 2 is 0.830 bits per heavy atom. The van der Waals surface area contributed by atoms with Gasteiger partial charge in [-0.2, -0.15) is 0 Å². The van der Waals surface area contributed by atoms with Crippen LogP contribution in [-0.2, 0) is 4.79 Å². The van der Waals surface area contributed by atoms with Gasteiger partial charge in [0.15, 0.2) is 0 Å². The van der Waals surface area contributed by atoms with Crippen molar-refractivity contribution in [2.24, 2.45) is 0 Å². The molecule has 0 rings (SSSR count). The van der Waals surface area contributed by atoms with Crippen LogP contribution in [0.3, 0.4) is 0 Å². The molecule has 4 nitrogen and oxygen atoms in total. The van der Waals surface area contributed by atoms with E-state index in [1.54, 1.807) is 6.08 Å². The van der Waals surface area contributed by atoms with Crippen molar-refractivity contribution in [2.45, 2.75) is 238 Å². The molecule has 2 atom stereocenters. The monoisotopic (exact) mass is 740 g/mol. The maximum atomic E-state index is 12.4. The summed E-state index contributed by atoms with van der Waals surface area (Å²) >= 11 is 0. The zero-order valence-electron chi connectivity index (χ0n) is 35.3. The first-order valence-electron chi connectivity index (χ1n) is 23.0. The first-order chi connectivity index (χ1) is 26.2. The number of aliphatic hydroxyl groups is 2. The van der Waals surface area contributed by atoms with Crippen LogP contribution in [0.5, 0.6) is 0 Å². The molecule has 0 spiro atoms. The van der Waals surface area contributed by atoms with E-state index in [1.807, 2.05) is 6.08 Å². The third-order valence-electron chi connectivity index (χ3n) is 10.3. The van der Waals surface area contributed by atoms with E-state index in [0.717, 1.165) is 70.6 Å². The van der Waals surface area contributed by atoms with Gasteiger partial charge in [-0.15, -0.1) is 0 Å². The quantitative estimate of drug-likeness (QED) is 0.0432. The SMILES string of the molecule is CC/C=C\C/C=C\C/C=C\C/C=C\CCCCCCC(=O)NC(CO)C(O)/C=C/CCCCCCCCCCCCCCCCCCCCCCCC.